The second kappa shape index (κ2) is 8.14. The summed E-state index contributed by atoms with van der Waals surface area (Å²) < 4.78 is 6.19. The molecule has 0 heterocycles. The molecule has 0 saturated heterocycles. The summed E-state index contributed by atoms with van der Waals surface area (Å²) in [5.74, 6) is 1.44. The highest BCUT2D eigenvalue weighted by Crippen LogP contribution is 2.23. The Balaban J connectivity index is 2.34. The average Bonchev–Trinajstić information content (AvgIpc) is 2.33. The number of hydrogen-bond acceptors (Lipinski definition) is 3. The smallest absolute Gasteiger partial charge is 0.0465 e. The van der Waals surface area contributed by atoms with E-state index in [1.807, 2.05) is 23.9 Å². The third-order valence-corrected chi connectivity index (χ3v) is 4.38. The lowest BCUT2D eigenvalue weighted by Crippen LogP contribution is -2.31. The molecule has 0 aliphatic rings. The van der Waals surface area contributed by atoms with Crippen molar-refractivity contribution in [2.75, 3.05) is 19.5 Å². The average molecular weight is 318 g/mol. The zero-order valence-corrected chi connectivity index (χ0v) is 12.8. The van der Waals surface area contributed by atoms with Crippen LogP contribution in [0.5, 0.6) is 0 Å². The summed E-state index contributed by atoms with van der Waals surface area (Å²) >= 11 is 5.28. The molecule has 2 nitrogen and oxygen atoms in total. The van der Waals surface area contributed by atoms with Gasteiger partial charge in [0.1, 0.15) is 0 Å². The second-order valence-corrected chi connectivity index (χ2v) is 6.20. The standard InChI is InChI=1S/C13H20BrNOS/c1-10(6-7-16-2)13(15)9-17-12-5-3-4-11(14)8-12/h3-5,8,10,13H,6-7,9,15H2,1-2H3. The maximum absolute atomic E-state index is 6.16. The van der Waals surface area contributed by atoms with Crippen LogP contribution >= 0.6 is 27.7 Å². The van der Waals surface area contributed by atoms with Crippen molar-refractivity contribution >= 4 is 27.7 Å². The number of rotatable bonds is 7. The van der Waals surface area contributed by atoms with Crippen molar-refractivity contribution in [3.8, 4) is 0 Å². The van der Waals surface area contributed by atoms with E-state index in [1.165, 1.54) is 4.90 Å². The molecule has 0 aliphatic carbocycles. The highest BCUT2D eigenvalue weighted by Gasteiger charge is 2.12. The van der Waals surface area contributed by atoms with Crippen LogP contribution in [0, 0.1) is 5.92 Å². The zero-order chi connectivity index (χ0) is 12.7. The third kappa shape index (κ3) is 5.91. The Morgan fingerprint density at radius 1 is 1.47 bits per heavy atom. The van der Waals surface area contributed by atoms with E-state index in [9.17, 15) is 0 Å². The van der Waals surface area contributed by atoms with Crippen molar-refractivity contribution in [1.29, 1.82) is 0 Å². The predicted molar refractivity (Wildman–Crippen MR) is 78.5 cm³/mol. The molecule has 1 aromatic rings. The fraction of sp³-hybridized carbons (Fsp3) is 0.538. The summed E-state index contributed by atoms with van der Waals surface area (Å²) in [6.07, 6.45) is 1.02. The van der Waals surface area contributed by atoms with Crippen LogP contribution in [0.3, 0.4) is 0 Å². The van der Waals surface area contributed by atoms with E-state index in [4.69, 9.17) is 10.5 Å². The quantitative estimate of drug-likeness (QED) is 0.781. The van der Waals surface area contributed by atoms with Gasteiger partial charge in [0.15, 0.2) is 0 Å². The Morgan fingerprint density at radius 3 is 2.88 bits per heavy atom. The van der Waals surface area contributed by atoms with E-state index >= 15 is 0 Å². The van der Waals surface area contributed by atoms with Crippen LogP contribution in [-0.4, -0.2) is 25.5 Å². The molecule has 0 fully saturated rings. The van der Waals surface area contributed by atoms with Crippen molar-refractivity contribution in [3.05, 3.63) is 28.7 Å². The van der Waals surface area contributed by atoms with Crippen molar-refractivity contribution in [2.24, 2.45) is 11.7 Å². The van der Waals surface area contributed by atoms with Crippen LogP contribution in [0.15, 0.2) is 33.6 Å². The van der Waals surface area contributed by atoms with Gasteiger partial charge in [0.05, 0.1) is 0 Å². The Labute approximate surface area is 116 Å². The lowest BCUT2D eigenvalue weighted by Gasteiger charge is -2.19. The number of nitrogens with two attached hydrogens (primary N) is 1. The Hall–Kier alpha value is -0.0300. The molecule has 0 radical (unpaired) electrons. The molecule has 0 amide bonds. The van der Waals surface area contributed by atoms with Crippen molar-refractivity contribution in [1.82, 2.24) is 0 Å². The van der Waals surface area contributed by atoms with Gasteiger partial charge in [-0.15, -0.1) is 11.8 Å². The normalized spacial score (nSPS) is 14.6. The molecule has 0 spiro atoms. The topological polar surface area (TPSA) is 35.2 Å². The monoisotopic (exact) mass is 317 g/mol. The van der Waals surface area contributed by atoms with E-state index in [0.29, 0.717) is 5.92 Å². The van der Waals surface area contributed by atoms with Crippen LogP contribution < -0.4 is 5.73 Å². The summed E-state index contributed by atoms with van der Waals surface area (Å²) in [6.45, 7) is 2.97. The van der Waals surface area contributed by atoms with Gasteiger partial charge in [0.25, 0.3) is 0 Å². The van der Waals surface area contributed by atoms with Gasteiger partial charge < -0.3 is 10.5 Å². The summed E-state index contributed by atoms with van der Waals surface area (Å²) in [5.41, 5.74) is 6.16. The molecule has 1 aromatic carbocycles. The maximum atomic E-state index is 6.16. The Kier molecular flexibility index (Phi) is 7.19. The lowest BCUT2D eigenvalue weighted by atomic mass is 10.0. The molecule has 0 saturated carbocycles. The minimum absolute atomic E-state index is 0.217. The van der Waals surface area contributed by atoms with E-state index in [2.05, 4.69) is 35.0 Å². The molecule has 17 heavy (non-hydrogen) atoms. The van der Waals surface area contributed by atoms with Crippen molar-refractivity contribution < 1.29 is 4.74 Å². The molecule has 2 atom stereocenters. The van der Waals surface area contributed by atoms with Crippen LogP contribution in [-0.2, 0) is 4.74 Å². The van der Waals surface area contributed by atoms with Crippen molar-refractivity contribution in [2.45, 2.75) is 24.3 Å². The minimum atomic E-state index is 0.217. The minimum Gasteiger partial charge on any atom is -0.385 e. The van der Waals surface area contributed by atoms with E-state index in [-0.39, 0.29) is 6.04 Å². The predicted octanol–water partition coefficient (Wildman–Crippen LogP) is 3.54. The molecule has 2 unspecified atom stereocenters. The number of ether oxygens (including phenoxy) is 1. The molecular formula is C13H20BrNOS. The Bertz CT molecular complexity index is 335. The SMILES string of the molecule is COCCC(C)C(N)CSc1cccc(Br)c1. The zero-order valence-electron chi connectivity index (χ0n) is 10.4. The highest BCUT2D eigenvalue weighted by atomic mass is 79.9. The summed E-state index contributed by atoms with van der Waals surface area (Å²) in [5, 5.41) is 0. The van der Waals surface area contributed by atoms with Crippen LogP contribution in [0.4, 0.5) is 0 Å². The molecule has 0 aliphatic heterocycles. The van der Waals surface area contributed by atoms with Gasteiger partial charge in [-0.2, -0.15) is 0 Å². The summed E-state index contributed by atoms with van der Waals surface area (Å²) in [4.78, 5) is 1.26. The lowest BCUT2D eigenvalue weighted by molar-refractivity contribution is 0.176. The van der Waals surface area contributed by atoms with Crippen LogP contribution in [0.2, 0.25) is 0 Å². The molecule has 96 valence electrons. The molecular weight excluding hydrogens is 298 g/mol. The number of benzene rings is 1. The van der Waals surface area contributed by atoms with Gasteiger partial charge in [-0.25, -0.2) is 0 Å². The summed E-state index contributed by atoms with van der Waals surface area (Å²) in [7, 11) is 1.73. The molecule has 0 aromatic heterocycles. The number of methoxy groups -OCH3 is 1. The Morgan fingerprint density at radius 2 is 2.24 bits per heavy atom. The molecule has 1 rings (SSSR count). The fourth-order valence-corrected chi connectivity index (χ4v) is 3.08. The third-order valence-electron chi connectivity index (χ3n) is 2.75. The van der Waals surface area contributed by atoms with Gasteiger partial charge >= 0.3 is 0 Å². The number of hydrogen-bond donors (Lipinski definition) is 1. The van der Waals surface area contributed by atoms with Gasteiger partial charge in [-0.1, -0.05) is 28.9 Å². The van der Waals surface area contributed by atoms with Crippen LogP contribution in [0.25, 0.3) is 0 Å². The van der Waals surface area contributed by atoms with E-state index in [0.717, 1.165) is 23.3 Å². The second-order valence-electron chi connectivity index (χ2n) is 4.19. The molecule has 0 bridgehead atoms. The van der Waals surface area contributed by atoms with E-state index < -0.39 is 0 Å². The van der Waals surface area contributed by atoms with Gasteiger partial charge in [0.2, 0.25) is 0 Å². The first-order valence-corrected chi connectivity index (χ1v) is 7.54. The van der Waals surface area contributed by atoms with Crippen LogP contribution in [0.1, 0.15) is 13.3 Å². The molecule has 4 heteroatoms. The van der Waals surface area contributed by atoms with Gasteiger partial charge in [-0.05, 0) is 30.5 Å². The summed E-state index contributed by atoms with van der Waals surface area (Å²) in [6, 6.07) is 8.53. The van der Waals surface area contributed by atoms with Crippen molar-refractivity contribution in [3.63, 3.8) is 0 Å². The number of thioether (sulfide) groups is 1. The highest BCUT2D eigenvalue weighted by molar-refractivity contribution is 9.10. The van der Waals surface area contributed by atoms with E-state index in [1.54, 1.807) is 7.11 Å². The molecule has 2 N–H and O–H groups in total. The first-order chi connectivity index (χ1) is 8.13. The largest absolute Gasteiger partial charge is 0.385 e. The first-order valence-electron chi connectivity index (χ1n) is 5.76. The number of halogens is 1. The van der Waals surface area contributed by atoms with Gasteiger partial charge in [-0.3, -0.25) is 0 Å². The van der Waals surface area contributed by atoms with Gasteiger partial charge in [0, 0.05) is 34.9 Å². The maximum Gasteiger partial charge on any atom is 0.0465 e. The fourth-order valence-electron chi connectivity index (χ4n) is 1.43. The first kappa shape index (κ1) is 15.0.